The normalized spacial score (nSPS) is 31.9. The average molecular weight is 361 g/mol. The predicted octanol–water partition coefficient (Wildman–Crippen LogP) is 1.58. The van der Waals surface area contributed by atoms with E-state index in [4.69, 9.17) is 4.74 Å². The van der Waals surface area contributed by atoms with Gasteiger partial charge < -0.3 is 10.1 Å². The fourth-order valence-corrected chi connectivity index (χ4v) is 5.04. The van der Waals surface area contributed by atoms with E-state index < -0.39 is 0 Å². The summed E-state index contributed by atoms with van der Waals surface area (Å²) in [5.41, 5.74) is 0.869. The lowest BCUT2D eigenvalue weighted by Crippen LogP contribution is -2.58. The lowest BCUT2D eigenvalue weighted by atomic mass is 9.75. The Morgan fingerprint density at radius 3 is 2.88 bits per heavy atom. The fourth-order valence-electron chi connectivity index (χ4n) is 5.04. The van der Waals surface area contributed by atoms with Crippen LogP contribution in [0.15, 0.2) is 6.20 Å². The lowest BCUT2D eigenvalue weighted by molar-refractivity contribution is -0.134. The number of piperidine rings is 3. The molecule has 7 nitrogen and oxygen atoms in total. The zero-order valence-corrected chi connectivity index (χ0v) is 15.8. The van der Waals surface area contributed by atoms with Crippen LogP contribution in [-0.4, -0.2) is 58.1 Å². The smallest absolute Gasteiger partial charge is 0.224 e. The molecule has 4 fully saturated rings. The summed E-state index contributed by atoms with van der Waals surface area (Å²) in [7, 11) is 1.67. The Hall–Kier alpha value is -1.47. The van der Waals surface area contributed by atoms with Gasteiger partial charge in [-0.05, 0) is 38.1 Å². The monoisotopic (exact) mass is 361 g/mol. The first-order chi connectivity index (χ1) is 12.7. The van der Waals surface area contributed by atoms with Gasteiger partial charge in [0.2, 0.25) is 5.91 Å². The van der Waals surface area contributed by atoms with Crippen molar-refractivity contribution in [3.05, 3.63) is 11.9 Å². The molecular formula is C19H31N5O2. The van der Waals surface area contributed by atoms with E-state index in [0.29, 0.717) is 30.5 Å². The molecule has 26 heavy (non-hydrogen) atoms. The van der Waals surface area contributed by atoms with E-state index in [2.05, 4.69) is 20.5 Å². The van der Waals surface area contributed by atoms with Crippen molar-refractivity contribution in [3.63, 3.8) is 0 Å². The maximum atomic E-state index is 12.8. The number of nitrogens with one attached hydrogen (secondary N) is 1. The number of rotatable bonds is 6. The summed E-state index contributed by atoms with van der Waals surface area (Å²) in [5.74, 6) is 0.977. The molecule has 1 saturated carbocycles. The molecule has 0 radical (unpaired) electrons. The van der Waals surface area contributed by atoms with Gasteiger partial charge in [0.25, 0.3) is 0 Å². The minimum atomic E-state index is 0.168. The van der Waals surface area contributed by atoms with Crippen molar-refractivity contribution in [2.24, 2.45) is 11.8 Å². The minimum Gasteiger partial charge on any atom is -0.378 e. The molecule has 5 rings (SSSR count). The number of nitrogens with zero attached hydrogens (tertiary/aromatic N) is 4. The molecule has 3 saturated heterocycles. The van der Waals surface area contributed by atoms with Crippen molar-refractivity contribution in [1.29, 1.82) is 0 Å². The Labute approximate surface area is 155 Å². The molecule has 1 N–H and O–H groups in total. The average Bonchev–Trinajstić information content (AvgIpc) is 3.10. The van der Waals surface area contributed by atoms with Crippen LogP contribution in [0.5, 0.6) is 0 Å². The lowest BCUT2D eigenvalue weighted by Gasteiger charge is -2.49. The third kappa shape index (κ3) is 3.93. The quantitative estimate of drug-likeness (QED) is 0.833. The molecule has 2 bridgehead atoms. The Bertz CT molecular complexity index is 613. The molecule has 1 aromatic heterocycles. The Balaban J connectivity index is 1.32. The largest absolute Gasteiger partial charge is 0.378 e. The molecule has 1 amide bonds. The zero-order chi connectivity index (χ0) is 17.9. The fraction of sp³-hybridized carbons (Fsp3) is 0.842. The third-order valence-electron chi connectivity index (χ3n) is 6.44. The number of amides is 1. The van der Waals surface area contributed by atoms with E-state index in [1.807, 2.05) is 10.9 Å². The highest BCUT2D eigenvalue weighted by atomic mass is 16.5. The third-order valence-corrected chi connectivity index (χ3v) is 6.44. The van der Waals surface area contributed by atoms with E-state index in [9.17, 15) is 4.79 Å². The van der Waals surface area contributed by atoms with E-state index in [-0.39, 0.29) is 5.92 Å². The van der Waals surface area contributed by atoms with Crippen LogP contribution in [0, 0.1) is 11.8 Å². The molecule has 3 aliphatic heterocycles. The standard InChI is InChI=1S/C19H31N5O2/c1-26-13-16-10-24(22-21-16)11-17-9-14-7-8-23(17)12-18(14)19(25)20-15-5-3-2-4-6-15/h10,14-15,17-18H,2-9,11-13H2,1H3,(H,20,25)/t14-,17+,18-/m0/s1. The number of carbonyl (C=O) groups excluding carboxylic acids is 1. The molecule has 1 aliphatic carbocycles. The summed E-state index contributed by atoms with van der Waals surface area (Å²) in [6.07, 6.45) is 10.4. The van der Waals surface area contributed by atoms with Gasteiger partial charge in [0.1, 0.15) is 5.69 Å². The molecule has 4 aliphatic rings. The Kier molecular flexibility index (Phi) is 5.55. The van der Waals surface area contributed by atoms with Crippen molar-refractivity contribution < 1.29 is 9.53 Å². The molecule has 4 atom stereocenters. The van der Waals surface area contributed by atoms with Crippen LogP contribution in [0.3, 0.4) is 0 Å². The molecule has 0 aromatic carbocycles. The van der Waals surface area contributed by atoms with Gasteiger partial charge in [0.15, 0.2) is 0 Å². The highest BCUT2D eigenvalue weighted by molar-refractivity contribution is 5.79. The number of methoxy groups -OCH3 is 1. The second-order valence-corrected chi connectivity index (χ2v) is 8.25. The molecule has 144 valence electrons. The van der Waals surface area contributed by atoms with Gasteiger partial charge in [-0.3, -0.25) is 14.4 Å². The number of hydrogen-bond donors (Lipinski definition) is 1. The zero-order valence-electron chi connectivity index (χ0n) is 15.8. The number of ether oxygens (including phenoxy) is 1. The molecule has 1 aromatic rings. The van der Waals surface area contributed by atoms with Gasteiger partial charge in [-0.15, -0.1) is 5.10 Å². The Morgan fingerprint density at radius 2 is 2.15 bits per heavy atom. The summed E-state index contributed by atoms with van der Waals surface area (Å²) >= 11 is 0. The second kappa shape index (κ2) is 8.05. The van der Waals surface area contributed by atoms with Crippen molar-refractivity contribution in [1.82, 2.24) is 25.2 Å². The number of aromatic nitrogens is 3. The van der Waals surface area contributed by atoms with Crippen molar-refractivity contribution >= 4 is 5.91 Å². The van der Waals surface area contributed by atoms with Crippen LogP contribution in [0.2, 0.25) is 0 Å². The highest BCUT2D eigenvalue weighted by Gasteiger charge is 2.43. The number of fused-ring (bicyclic) bond motifs is 3. The first-order valence-corrected chi connectivity index (χ1v) is 10.2. The van der Waals surface area contributed by atoms with Gasteiger partial charge in [0, 0.05) is 25.7 Å². The number of carbonyl (C=O) groups is 1. The van der Waals surface area contributed by atoms with Crippen LogP contribution < -0.4 is 5.32 Å². The molecule has 1 unspecified atom stereocenters. The van der Waals surface area contributed by atoms with Crippen LogP contribution in [-0.2, 0) is 22.7 Å². The van der Waals surface area contributed by atoms with Crippen LogP contribution in [0.25, 0.3) is 0 Å². The topological polar surface area (TPSA) is 72.3 Å². The summed E-state index contributed by atoms with van der Waals surface area (Å²) in [6.45, 7) is 3.35. The van der Waals surface area contributed by atoms with Gasteiger partial charge in [0.05, 0.1) is 25.3 Å². The van der Waals surface area contributed by atoms with E-state index in [0.717, 1.165) is 51.0 Å². The minimum absolute atomic E-state index is 0.168. The SMILES string of the molecule is COCc1cn(C[C@H]2C[C@@H]3CCN2C[C@@H]3C(=O)NC2CCCCC2)nn1. The first-order valence-electron chi connectivity index (χ1n) is 10.2. The van der Waals surface area contributed by atoms with Crippen molar-refractivity contribution in [2.75, 3.05) is 20.2 Å². The second-order valence-electron chi connectivity index (χ2n) is 8.25. The van der Waals surface area contributed by atoms with Gasteiger partial charge >= 0.3 is 0 Å². The summed E-state index contributed by atoms with van der Waals surface area (Å²) in [6, 6.07) is 0.876. The molecule has 4 heterocycles. The highest BCUT2D eigenvalue weighted by Crippen LogP contribution is 2.37. The summed E-state index contributed by atoms with van der Waals surface area (Å²) < 4.78 is 7.04. The Morgan fingerprint density at radius 1 is 1.31 bits per heavy atom. The van der Waals surface area contributed by atoms with Gasteiger partial charge in [-0.2, -0.15) is 0 Å². The molecule has 7 heteroatoms. The maximum absolute atomic E-state index is 12.8. The molecular weight excluding hydrogens is 330 g/mol. The van der Waals surface area contributed by atoms with Crippen LogP contribution in [0.4, 0.5) is 0 Å². The summed E-state index contributed by atoms with van der Waals surface area (Å²) in [4.78, 5) is 15.3. The van der Waals surface area contributed by atoms with Crippen molar-refractivity contribution in [3.8, 4) is 0 Å². The van der Waals surface area contributed by atoms with Crippen molar-refractivity contribution in [2.45, 2.75) is 70.2 Å². The van der Waals surface area contributed by atoms with Crippen LogP contribution >= 0.6 is 0 Å². The first kappa shape index (κ1) is 17.9. The van der Waals surface area contributed by atoms with Gasteiger partial charge in [-0.25, -0.2) is 0 Å². The van der Waals surface area contributed by atoms with Gasteiger partial charge in [-0.1, -0.05) is 24.5 Å². The summed E-state index contributed by atoms with van der Waals surface area (Å²) in [5, 5.41) is 11.7. The predicted molar refractivity (Wildman–Crippen MR) is 97.3 cm³/mol. The van der Waals surface area contributed by atoms with Crippen LogP contribution in [0.1, 0.15) is 50.6 Å². The van der Waals surface area contributed by atoms with E-state index in [1.54, 1.807) is 7.11 Å². The van der Waals surface area contributed by atoms with E-state index >= 15 is 0 Å². The molecule has 0 spiro atoms. The van der Waals surface area contributed by atoms with E-state index in [1.165, 1.54) is 19.3 Å². The maximum Gasteiger partial charge on any atom is 0.224 e. The number of hydrogen-bond acceptors (Lipinski definition) is 5.